The molecular formula is C12H20N4OS. The fraction of sp³-hybridized carbons (Fsp3) is 0.833. The third-order valence-corrected chi connectivity index (χ3v) is 5.15. The fourth-order valence-corrected chi connectivity index (χ4v) is 4.05. The lowest BCUT2D eigenvalue weighted by molar-refractivity contribution is 0.402. The van der Waals surface area contributed by atoms with E-state index in [1.165, 1.54) is 25.7 Å². The third-order valence-electron chi connectivity index (χ3n) is 3.89. The van der Waals surface area contributed by atoms with Gasteiger partial charge in [-0.15, -0.1) is 5.10 Å². The van der Waals surface area contributed by atoms with E-state index in [0.29, 0.717) is 17.3 Å². The van der Waals surface area contributed by atoms with Crippen molar-refractivity contribution in [2.24, 2.45) is 0 Å². The molecular weight excluding hydrogens is 248 g/mol. The molecule has 1 aromatic rings. The van der Waals surface area contributed by atoms with Crippen molar-refractivity contribution in [3.8, 4) is 0 Å². The summed E-state index contributed by atoms with van der Waals surface area (Å²) < 4.78 is 1.85. The van der Waals surface area contributed by atoms with Gasteiger partial charge in [0, 0.05) is 17.3 Å². The van der Waals surface area contributed by atoms with Gasteiger partial charge in [-0.1, -0.05) is 18.2 Å². The third kappa shape index (κ3) is 2.49. The molecule has 0 aliphatic heterocycles. The Labute approximate surface area is 111 Å². The van der Waals surface area contributed by atoms with Gasteiger partial charge in [0.1, 0.15) is 0 Å². The van der Waals surface area contributed by atoms with Crippen LogP contribution in [0.15, 0.2) is 9.95 Å². The summed E-state index contributed by atoms with van der Waals surface area (Å²) in [5, 5.41) is 11.6. The smallest absolute Gasteiger partial charge is 0.317 e. The number of aromatic amines is 1. The topological polar surface area (TPSA) is 62.7 Å². The van der Waals surface area contributed by atoms with Crippen molar-refractivity contribution in [2.45, 2.75) is 61.0 Å². The summed E-state index contributed by atoms with van der Waals surface area (Å²) in [5.74, 6) is 0. The van der Waals surface area contributed by atoms with Crippen molar-refractivity contribution in [3.05, 3.63) is 10.5 Å². The van der Waals surface area contributed by atoms with Gasteiger partial charge in [-0.25, -0.2) is 9.89 Å². The molecule has 2 unspecified atom stereocenters. The molecule has 2 atom stereocenters. The van der Waals surface area contributed by atoms with Crippen molar-refractivity contribution in [1.29, 1.82) is 0 Å². The first-order chi connectivity index (χ1) is 8.78. The molecule has 0 spiro atoms. The molecule has 1 heterocycles. The number of H-pyrrole nitrogens is 1. The monoisotopic (exact) mass is 268 g/mol. The molecule has 18 heavy (non-hydrogen) atoms. The van der Waals surface area contributed by atoms with E-state index in [-0.39, 0.29) is 5.69 Å². The van der Waals surface area contributed by atoms with Gasteiger partial charge in [-0.2, -0.15) is 0 Å². The van der Waals surface area contributed by atoms with Crippen LogP contribution in [0.4, 0.5) is 0 Å². The van der Waals surface area contributed by atoms with Gasteiger partial charge in [-0.3, -0.25) is 4.57 Å². The van der Waals surface area contributed by atoms with E-state index in [9.17, 15) is 4.79 Å². The lowest BCUT2D eigenvalue weighted by Crippen LogP contribution is -2.32. The molecule has 100 valence electrons. The molecule has 2 aliphatic rings. The zero-order valence-electron chi connectivity index (χ0n) is 10.7. The second-order valence-corrected chi connectivity index (χ2v) is 6.57. The van der Waals surface area contributed by atoms with Crippen LogP contribution in [-0.2, 0) is 0 Å². The van der Waals surface area contributed by atoms with Crippen LogP contribution in [0.1, 0.15) is 44.6 Å². The Balaban J connectivity index is 1.70. The molecule has 2 aliphatic carbocycles. The van der Waals surface area contributed by atoms with Crippen molar-refractivity contribution in [2.75, 3.05) is 7.05 Å². The van der Waals surface area contributed by atoms with Crippen molar-refractivity contribution in [3.63, 3.8) is 0 Å². The maximum atomic E-state index is 11.7. The fourth-order valence-electron chi connectivity index (χ4n) is 2.69. The zero-order chi connectivity index (χ0) is 12.5. The Bertz CT molecular complexity index is 465. The Morgan fingerprint density at radius 2 is 2.22 bits per heavy atom. The molecule has 6 heteroatoms. The SMILES string of the molecule is CNC1CCCC(Sc2n[nH]c(=O)n2C2CC2)C1. The number of hydrogen-bond acceptors (Lipinski definition) is 4. The van der Waals surface area contributed by atoms with Crippen LogP contribution in [-0.4, -0.2) is 33.1 Å². The first-order valence-electron chi connectivity index (χ1n) is 6.78. The van der Waals surface area contributed by atoms with E-state index in [2.05, 4.69) is 15.5 Å². The van der Waals surface area contributed by atoms with E-state index in [1.54, 1.807) is 11.8 Å². The van der Waals surface area contributed by atoms with Crippen LogP contribution in [0, 0.1) is 0 Å². The van der Waals surface area contributed by atoms with Crippen LogP contribution >= 0.6 is 11.8 Å². The van der Waals surface area contributed by atoms with E-state index in [1.807, 2.05) is 11.6 Å². The van der Waals surface area contributed by atoms with Crippen molar-refractivity contribution in [1.82, 2.24) is 20.1 Å². The molecule has 0 saturated heterocycles. The Morgan fingerprint density at radius 3 is 2.94 bits per heavy atom. The van der Waals surface area contributed by atoms with Crippen LogP contribution < -0.4 is 11.0 Å². The highest BCUT2D eigenvalue weighted by molar-refractivity contribution is 7.99. The first kappa shape index (κ1) is 12.3. The molecule has 2 fully saturated rings. The predicted molar refractivity (Wildman–Crippen MR) is 72.1 cm³/mol. The summed E-state index contributed by atoms with van der Waals surface area (Å²) in [5.41, 5.74) is -0.0408. The maximum Gasteiger partial charge on any atom is 0.344 e. The molecule has 1 aromatic heterocycles. The summed E-state index contributed by atoms with van der Waals surface area (Å²) in [4.78, 5) is 11.7. The lowest BCUT2D eigenvalue weighted by Gasteiger charge is -2.28. The standard InChI is InChI=1S/C12H20N4OS/c1-13-8-3-2-4-10(7-8)18-12-15-14-11(17)16(12)9-5-6-9/h8-10,13H,2-7H2,1H3,(H,14,17). The highest BCUT2D eigenvalue weighted by Crippen LogP contribution is 2.38. The minimum Gasteiger partial charge on any atom is -0.317 e. The lowest BCUT2D eigenvalue weighted by atomic mass is 9.95. The molecule has 2 saturated carbocycles. The van der Waals surface area contributed by atoms with E-state index in [0.717, 1.165) is 18.0 Å². The summed E-state index contributed by atoms with van der Waals surface area (Å²) in [6.45, 7) is 0. The second kappa shape index (κ2) is 5.09. The number of aromatic nitrogens is 3. The normalized spacial score (nSPS) is 28.5. The average molecular weight is 268 g/mol. The van der Waals surface area contributed by atoms with E-state index >= 15 is 0 Å². The number of nitrogens with one attached hydrogen (secondary N) is 2. The summed E-state index contributed by atoms with van der Waals surface area (Å²) in [7, 11) is 2.03. The molecule has 0 radical (unpaired) electrons. The molecule has 0 bridgehead atoms. The Morgan fingerprint density at radius 1 is 1.39 bits per heavy atom. The van der Waals surface area contributed by atoms with Gasteiger partial charge in [0.2, 0.25) is 0 Å². The number of nitrogens with zero attached hydrogens (tertiary/aromatic N) is 2. The summed E-state index contributed by atoms with van der Waals surface area (Å²) in [6, 6.07) is 1.03. The largest absolute Gasteiger partial charge is 0.344 e. The molecule has 5 nitrogen and oxygen atoms in total. The average Bonchev–Trinajstić information content (AvgIpc) is 3.15. The highest BCUT2D eigenvalue weighted by atomic mass is 32.2. The number of rotatable bonds is 4. The minimum atomic E-state index is -0.0408. The van der Waals surface area contributed by atoms with Crippen molar-refractivity contribution >= 4 is 11.8 Å². The van der Waals surface area contributed by atoms with Gasteiger partial charge in [0.05, 0.1) is 0 Å². The van der Waals surface area contributed by atoms with Crippen molar-refractivity contribution < 1.29 is 0 Å². The number of hydrogen-bond donors (Lipinski definition) is 2. The Hall–Kier alpha value is -0.750. The molecule has 0 amide bonds. The summed E-state index contributed by atoms with van der Waals surface area (Å²) in [6.07, 6.45) is 7.18. The predicted octanol–water partition coefficient (Wildman–Crippen LogP) is 1.53. The van der Waals surface area contributed by atoms with Crippen LogP contribution in [0.5, 0.6) is 0 Å². The second-order valence-electron chi connectivity index (χ2n) is 5.30. The highest BCUT2D eigenvalue weighted by Gasteiger charge is 2.30. The maximum absolute atomic E-state index is 11.7. The number of thioether (sulfide) groups is 1. The van der Waals surface area contributed by atoms with Gasteiger partial charge < -0.3 is 5.32 Å². The van der Waals surface area contributed by atoms with Crippen LogP contribution in [0.25, 0.3) is 0 Å². The van der Waals surface area contributed by atoms with Gasteiger partial charge in [0.25, 0.3) is 0 Å². The molecule has 0 aromatic carbocycles. The van der Waals surface area contributed by atoms with Crippen LogP contribution in [0.3, 0.4) is 0 Å². The van der Waals surface area contributed by atoms with E-state index in [4.69, 9.17) is 0 Å². The zero-order valence-corrected chi connectivity index (χ0v) is 11.5. The van der Waals surface area contributed by atoms with Gasteiger partial charge >= 0.3 is 5.69 Å². The van der Waals surface area contributed by atoms with Gasteiger partial charge in [-0.05, 0) is 39.2 Å². The van der Waals surface area contributed by atoms with Crippen LogP contribution in [0.2, 0.25) is 0 Å². The van der Waals surface area contributed by atoms with E-state index < -0.39 is 0 Å². The molecule has 3 rings (SSSR count). The quantitative estimate of drug-likeness (QED) is 0.869. The van der Waals surface area contributed by atoms with Gasteiger partial charge in [0.15, 0.2) is 5.16 Å². The Kier molecular flexibility index (Phi) is 3.48. The first-order valence-corrected chi connectivity index (χ1v) is 7.66. The summed E-state index contributed by atoms with van der Waals surface area (Å²) >= 11 is 1.78. The minimum absolute atomic E-state index is 0.0408. The molecule has 2 N–H and O–H groups in total.